The largest absolute Gasteiger partial charge is 0.296 e. The van der Waals surface area contributed by atoms with Crippen LogP contribution in [0.3, 0.4) is 0 Å². The molecule has 17 heavy (non-hydrogen) atoms. The van der Waals surface area contributed by atoms with Gasteiger partial charge in [-0.05, 0) is 18.2 Å². The van der Waals surface area contributed by atoms with E-state index in [2.05, 4.69) is 9.97 Å². The third-order valence-electron chi connectivity index (χ3n) is 2.04. The Morgan fingerprint density at radius 3 is 2.88 bits per heavy atom. The van der Waals surface area contributed by atoms with Crippen LogP contribution in [-0.4, -0.2) is 16.3 Å². The number of hydrogen-bond acceptors (Lipinski definition) is 4. The molecule has 0 atom stereocenters. The van der Waals surface area contributed by atoms with Crippen LogP contribution in [0.15, 0.2) is 41.4 Å². The average Bonchev–Trinajstić information content (AvgIpc) is 2.38. The van der Waals surface area contributed by atoms with Crippen molar-refractivity contribution in [2.45, 2.75) is 10.6 Å². The summed E-state index contributed by atoms with van der Waals surface area (Å²) < 4.78 is 0. The first-order chi connectivity index (χ1) is 8.29. The first-order valence-electron chi connectivity index (χ1n) is 4.94. The van der Waals surface area contributed by atoms with Gasteiger partial charge in [-0.15, -0.1) is 11.8 Å². The van der Waals surface area contributed by atoms with Gasteiger partial charge in [0, 0.05) is 11.1 Å². The summed E-state index contributed by atoms with van der Waals surface area (Å²) in [6.07, 6.45) is 2.30. The molecule has 0 fully saturated rings. The van der Waals surface area contributed by atoms with Gasteiger partial charge in [-0.3, -0.25) is 4.79 Å². The highest BCUT2D eigenvalue weighted by Crippen LogP contribution is 2.28. The van der Waals surface area contributed by atoms with E-state index in [9.17, 15) is 4.79 Å². The average molecular weight is 265 g/mol. The number of rotatable bonds is 4. The van der Waals surface area contributed by atoms with Crippen molar-refractivity contribution in [3.63, 3.8) is 0 Å². The van der Waals surface area contributed by atoms with E-state index in [1.54, 1.807) is 24.0 Å². The quantitative estimate of drug-likeness (QED) is 0.628. The minimum absolute atomic E-state index is 0.398. The molecule has 0 N–H and O–H groups in total. The van der Waals surface area contributed by atoms with E-state index < -0.39 is 0 Å². The van der Waals surface area contributed by atoms with Gasteiger partial charge in [-0.1, -0.05) is 23.7 Å². The van der Waals surface area contributed by atoms with Gasteiger partial charge >= 0.3 is 0 Å². The molecule has 1 aromatic carbocycles. The predicted molar refractivity (Wildman–Crippen MR) is 68.4 cm³/mol. The SMILES string of the molecule is O=Cc1ccnc(CSc2ccccc2Cl)n1. The molecule has 0 radical (unpaired) electrons. The van der Waals surface area contributed by atoms with Crippen molar-refractivity contribution in [1.82, 2.24) is 9.97 Å². The molecule has 0 saturated carbocycles. The number of carbonyl (C=O) groups is 1. The van der Waals surface area contributed by atoms with Crippen molar-refractivity contribution >= 4 is 29.6 Å². The van der Waals surface area contributed by atoms with Gasteiger partial charge in [0.05, 0.1) is 10.8 Å². The summed E-state index contributed by atoms with van der Waals surface area (Å²) in [6, 6.07) is 9.17. The van der Waals surface area contributed by atoms with Crippen LogP contribution < -0.4 is 0 Å². The number of aldehydes is 1. The molecule has 86 valence electrons. The second kappa shape index (κ2) is 5.80. The summed E-state index contributed by atoms with van der Waals surface area (Å²) >= 11 is 7.58. The van der Waals surface area contributed by atoms with Crippen LogP contribution in [0.4, 0.5) is 0 Å². The molecular weight excluding hydrogens is 256 g/mol. The molecule has 5 heteroatoms. The Morgan fingerprint density at radius 2 is 2.12 bits per heavy atom. The van der Waals surface area contributed by atoms with Gasteiger partial charge < -0.3 is 0 Å². The molecule has 2 rings (SSSR count). The van der Waals surface area contributed by atoms with Crippen LogP contribution in [0, 0.1) is 0 Å². The fourth-order valence-corrected chi connectivity index (χ4v) is 2.36. The highest BCUT2D eigenvalue weighted by atomic mass is 35.5. The second-order valence-electron chi connectivity index (χ2n) is 3.23. The molecule has 0 bridgehead atoms. The number of hydrogen-bond donors (Lipinski definition) is 0. The first kappa shape index (κ1) is 12.1. The zero-order valence-electron chi connectivity index (χ0n) is 8.84. The van der Waals surface area contributed by atoms with Crippen molar-refractivity contribution in [1.29, 1.82) is 0 Å². The Hall–Kier alpha value is -1.39. The summed E-state index contributed by atoms with van der Waals surface area (Å²) in [4.78, 5) is 19.7. The predicted octanol–water partition coefficient (Wildman–Crippen LogP) is 3.23. The minimum Gasteiger partial charge on any atom is -0.296 e. The molecule has 3 nitrogen and oxygen atoms in total. The summed E-state index contributed by atoms with van der Waals surface area (Å²) in [5, 5.41) is 0.712. The third kappa shape index (κ3) is 3.28. The van der Waals surface area contributed by atoms with Gasteiger partial charge in [0.25, 0.3) is 0 Å². The summed E-state index contributed by atoms with van der Waals surface area (Å²) in [7, 11) is 0. The highest BCUT2D eigenvalue weighted by Gasteiger charge is 2.03. The summed E-state index contributed by atoms with van der Waals surface area (Å²) in [5.74, 6) is 1.21. The van der Waals surface area contributed by atoms with E-state index in [-0.39, 0.29) is 0 Å². The van der Waals surface area contributed by atoms with Crippen molar-refractivity contribution in [2.75, 3.05) is 0 Å². The van der Waals surface area contributed by atoms with Gasteiger partial charge in [0.1, 0.15) is 11.5 Å². The topological polar surface area (TPSA) is 42.9 Å². The molecule has 0 unspecified atom stereocenters. The Labute approximate surface area is 108 Å². The van der Waals surface area contributed by atoms with Crippen LogP contribution >= 0.6 is 23.4 Å². The maximum absolute atomic E-state index is 10.6. The Balaban J connectivity index is 2.07. The molecule has 0 aliphatic heterocycles. The van der Waals surface area contributed by atoms with Crippen molar-refractivity contribution in [3.05, 3.63) is 53.1 Å². The lowest BCUT2D eigenvalue weighted by atomic mass is 10.4. The molecule has 2 aromatic rings. The number of nitrogens with zero attached hydrogens (tertiary/aromatic N) is 2. The maximum atomic E-state index is 10.6. The lowest BCUT2D eigenvalue weighted by molar-refractivity contribution is 0.111. The fourth-order valence-electron chi connectivity index (χ4n) is 1.25. The molecule has 0 amide bonds. The smallest absolute Gasteiger partial charge is 0.168 e. The molecule has 0 saturated heterocycles. The van der Waals surface area contributed by atoms with Gasteiger partial charge in [-0.25, -0.2) is 9.97 Å². The van der Waals surface area contributed by atoms with E-state index in [0.29, 0.717) is 28.6 Å². The molecule has 1 aromatic heterocycles. The Kier molecular flexibility index (Phi) is 4.12. The summed E-state index contributed by atoms with van der Waals surface area (Å²) in [6.45, 7) is 0. The lowest BCUT2D eigenvalue weighted by Crippen LogP contribution is -1.96. The first-order valence-corrected chi connectivity index (χ1v) is 6.30. The van der Waals surface area contributed by atoms with E-state index in [1.807, 2.05) is 24.3 Å². The highest BCUT2D eigenvalue weighted by molar-refractivity contribution is 7.98. The van der Waals surface area contributed by atoms with Crippen LogP contribution in [0.5, 0.6) is 0 Å². The maximum Gasteiger partial charge on any atom is 0.168 e. The van der Waals surface area contributed by atoms with Crippen LogP contribution in [0.2, 0.25) is 5.02 Å². The van der Waals surface area contributed by atoms with Gasteiger partial charge in [0.15, 0.2) is 6.29 Å². The van der Waals surface area contributed by atoms with E-state index in [1.165, 1.54) is 0 Å². The molecule has 0 aliphatic rings. The lowest BCUT2D eigenvalue weighted by Gasteiger charge is -2.03. The normalized spacial score (nSPS) is 10.2. The Morgan fingerprint density at radius 1 is 1.29 bits per heavy atom. The van der Waals surface area contributed by atoms with Crippen molar-refractivity contribution in [3.8, 4) is 0 Å². The van der Waals surface area contributed by atoms with E-state index in [0.717, 1.165) is 4.90 Å². The minimum atomic E-state index is 0.398. The van der Waals surface area contributed by atoms with E-state index in [4.69, 9.17) is 11.6 Å². The zero-order valence-corrected chi connectivity index (χ0v) is 10.4. The Bertz CT molecular complexity index is 533. The number of aromatic nitrogens is 2. The molecule has 0 aliphatic carbocycles. The monoisotopic (exact) mass is 264 g/mol. The number of thioether (sulfide) groups is 1. The van der Waals surface area contributed by atoms with E-state index >= 15 is 0 Å². The van der Waals surface area contributed by atoms with Crippen molar-refractivity contribution in [2.24, 2.45) is 0 Å². The molecule has 1 heterocycles. The van der Waals surface area contributed by atoms with Crippen LogP contribution in [0.25, 0.3) is 0 Å². The zero-order chi connectivity index (χ0) is 12.1. The van der Waals surface area contributed by atoms with Gasteiger partial charge in [-0.2, -0.15) is 0 Å². The molecular formula is C12H9ClN2OS. The second-order valence-corrected chi connectivity index (χ2v) is 4.66. The fraction of sp³-hybridized carbons (Fsp3) is 0.0833. The van der Waals surface area contributed by atoms with Crippen molar-refractivity contribution < 1.29 is 4.79 Å². The standard InChI is InChI=1S/C12H9ClN2OS/c13-10-3-1-2-4-11(10)17-8-12-14-6-5-9(7-16)15-12/h1-7H,8H2. The number of benzene rings is 1. The summed E-state index contributed by atoms with van der Waals surface area (Å²) in [5.41, 5.74) is 0.398. The number of carbonyl (C=O) groups excluding carboxylic acids is 1. The number of halogens is 1. The van der Waals surface area contributed by atoms with Gasteiger partial charge in [0.2, 0.25) is 0 Å². The van der Waals surface area contributed by atoms with Crippen LogP contribution in [0.1, 0.15) is 16.3 Å². The third-order valence-corrected chi connectivity index (χ3v) is 3.55. The van der Waals surface area contributed by atoms with Crippen LogP contribution in [-0.2, 0) is 5.75 Å². The molecule has 0 spiro atoms.